The molecular formula is C12H15N3O. The van der Waals surface area contributed by atoms with Crippen molar-refractivity contribution in [3.8, 4) is 11.9 Å². The van der Waals surface area contributed by atoms with Crippen LogP contribution in [0.15, 0.2) is 17.8 Å². The minimum atomic E-state index is 0.511. The number of nitriles is 1. The van der Waals surface area contributed by atoms with E-state index in [1.54, 1.807) is 19.2 Å². The lowest BCUT2D eigenvalue weighted by atomic mass is 10.2. The third kappa shape index (κ3) is 2.74. The van der Waals surface area contributed by atoms with Crippen LogP contribution < -0.4 is 4.74 Å². The molecule has 0 aromatic carbocycles. The zero-order chi connectivity index (χ0) is 12.1. The molecule has 0 N–H and O–H groups in total. The summed E-state index contributed by atoms with van der Waals surface area (Å²) in [7, 11) is 5.44. The fraction of sp³-hybridized carbons (Fsp3) is 0.333. The second-order valence-electron chi connectivity index (χ2n) is 3.58. The average Bonchev–Trinajstić information content (AvgIpc) is 2.28. The molecule has 1 aromatic rings. The highest BCUT2D eigenvalue weighted by atomic mass is 16.5. The van der Waals surface area contributed by atoms with Crippen molar-refractivity contribution in [2.75, 3.05) is 21.2 Å². The predicted octanol–water partition coefficient (Wildman–Crippen LogP) is 1.88. The van der Waals surface area contributed by atoms with Gasteiger partial charge in [0, 0.05) is 25.9 Å². The van der Waals surface area contributed by atoms with Gasteiger partial charge in [-0.05, 0) is 19.1 Å². The van der Waals surface area contributed by atoms with E-state index in [1.807, 2.05) is 32.0 Å². The molecule has 0 aliphatic heterocycles. The van der Waals surface area contributed by atoms with Gasteiger partial charge in [-0.3, -0.25) is 0 Å². The quantitative estimate of drug-likeness (QED) is 0.775. The minimum Gasteiger partial charge on any atom is -0.481 e. The van der Waals surface area contributed by atoms with Crippen LogP contribution in [0, 0.1) is 11.3 Å². The molecular weight excluding hydrogens is 202 g/mol. The monoisotopic (exact) mass is 217 g/mol. The van der Waals surface area contributed by atoms with Crippen molar-refractivity contribution >= 4 is 6.08 Å². The molecule has 0 saturated heterocycles. The number of hydrogen-bond acceptors (Lipinski definition) is 4. The highest BCUT2D eigenvalue weighted by Crippen LogP contribution is 2.15. The summed E-state index contributed by atoms with van der Waals surface area (Å²) in [6, 6.07) is 5.50. The molecule has 4 nitrogen and oxygen atoms in total. The predicted molar refractivity (Wildman–Crippen MR) is 62.8 cm³/mol. The Morgan fingerprint density at radius 1 is 1.50 bits per heavy atom. The van der Waals surface area contributed by atoms with E-state index in [2.05, 4.69) is 11.1 Å². The average molecular weight is 217 g/mol. The summed E-state index contributed by atoms with van der Waals surface area (Å²) < 4.78 is 5.03. The van der Waals surface area contributed by atoms with Crippen molar-refractivity contribution in [3.05, 3.63) is 29.1 Å². The van der Waals surface area contributed by atoms with Crippen LogP contribution in [0.1, 0.15) is 18.2 Å². The van der Waals surface area contributed by atoms with Gasteiger partial charge < -0.3 is 9.64 Å². The number of pyridine rings is 1. The van der Waals surface area contributed by atoms with Crippen LogP contribution in [0.2, 0.25) is 0 Å². The second kappa shape index (κ2) is 5.17. The molecule has 0 radical (unpaired) electrons. The van der Waals surface area contributed by atoms with Crippen molar-refractivity contribution in [3.63, 3.8) is 0 Å². The van der Waals surface area contributed by atoms with Crippen LogP contribution in [0.3, 0.4) is 0 Å². The Morgan fingerprint density at radius 3 is 2.69 bits per heavy atom. The Morgan fingerprint density at radius 2 is 2.19 bits per heavy atom. The molecule has 0 saturated carbocycles. The van der Waals surface area contributed by atoms with Gasteiger partial charge in [0.1, 0.15) is 6.07 Å². The van der Waals surface area contributed by atoms with Gasteiger partial charge in [0.25, 0.3) is 0 Å². The summed E-state index contributed by atoms with van der Waals surface area (Å²) >= 11 is 0. The summed E-state index contributed by atoms with van der Waals surface area (Å²) in [6.45, 7) is 1.96. The van der Waals surface area contributed by atoms with Gasteiger partial charge in [0.15, 0.2) is 0 Å². The fourth-order valence-electron chi connectivity index (χ4n) is 1.10. The van der Waals surface area contributed by atoms with Gasteiger partial charge in [0.05, 0.1) is 18.4 Å². The van der Waals surface area contributed by atoms with Gasteiger partial charge in [-0.1, -0.05) is 0 Å². The number of rotatable bonds is 3. The van der Waals surface area contributed by atoms with Crippen molar-refractivity contribution in [2.45, 2.75) is 6.92 Å². The van der Waals surface area contributed by atoms with Crippen LogP contribution >= 0.6 is 0 Å². The molecule has 0 aliphatic carbocycles. The van der Waals surface area contributed by atoms with Crippen molar-refractivity contribution in [1.82, 2.24) is 9.88 Å². The molecule has 1 heterocycles. The molecule has 0 aliphatic rings. The lowest BCUT2D eigenvalue weighted by Gasteiger charge is -2.12. The molecule has 84 valence electrons. The summed E-state index contributed by atoms with van der Waals surface area (Å²) in [6.07, 6.45) is 1.86. The van der Waals surface area contributed by atoms with Crippen molar-refractivity contribution < 1.29 is 4.74 Å². The third-order valence-electron chi connectivity index (χ3n) is 2.28. The normalized spacial score (nSPS) is 10.8. The number of nitrogens with zero attached hydrogens (tertiary/aromatic N) is 3. The maximum Gasteiger partial charge on any atom is 0.213 e. The van der Waals surface area contributed by atoms with E-state index in [9.17, 15) is 0 Å². The first-order valence-electron chi connectivity index (χ1n) is 4.89. The first-order valence-corrected chi connectivity index (χ1v) is 4.89. The van der Waals surface area contributed by atoms with E-state index in [4.69, 9.17) is 10.00 Å². The fourth-order valence-corrected chi connectivity index (χ4v) is 1.10. The Balaban J connectivity index is 3.20. The molecule has 0 atom stereocenters. The Kier molecular flexibility index (Phi) is 3.90. The minimum absolute atomic E-state index is 0.511. The first-order chi connectivity index (χ1) is 7.58. The van der Waals surface area contributed by atoms with Gasteiger partial charge >= 0.3 is 0 Å². The lowest BCUT2D eigenvalue weighted by molar-refractivity contribution is 0.397. The summed E-state index contributed by atoms with van der Waals surface area (Å²) in [5, 5.41) is 8.96. The van der Waals surface area contributed by atoms with E-state index in [0.717, 1.165) is 5.70 Å². The molecule has 0 unspecified atom stereocenters. The smallest absolute Gasteiger partial charge is 0.213 e. The molecule has 0 bridgehead atoms. The van der Waals surface area contributed by atoms with Crippen LogP contribution in [0.25, 0.3) is 6.08 Å². The van der Waals surface area contributed by atoms with E-state index >= 15 is 0 Å². The van der Waals surface area contributed by atoms with E-state index in [0.29, 0.717) is 17.1 Å². The maximum absolute atomic E-state index is 8.96. The zero-order valence-corrected chi connectivity index (χ0v) is 9.98. The molecule has 1 rings (SSSR count). The molecule has 0 spiro atoms. The van der Waals surface area contributed by atoms with Crippen LogP contribution in [0.5, 0.6) is 5.88 Å². The van der Waals surface area contributed by atoms with Crippen molar-refractivity contribution in [2.24, 2.45) is 0 Å². The number of methoxy groups -OCH3 is 1. The number of hydrogen-bond donors (Lipinski definition) is 0. The first kappa shape index (κ1) is 12.1. The van der Waals surface area contributed by atoms with Crippen LogP contribution in [-0.2, 0) is 0 Å². The van der Waals surface area contributed by atoms with Crippen LogP contribution in [-0.4, -0.2) is 31.1 Å². The highest BCUT2D eigenvalue weighted by Gasteiger charge is 2.04. The van der Waals surface area contributed by atoms with Crippen molar-refractivity contribution in [1.29, 1.82) is 5.26 Å². The maximum atomic E-state index is 8.96. The molecule has 0 fully saturated rings. The molecule has 0 amide bonds. The molecule has 1 aromatic heterocycles. The van der Waals surface area contributed by atoms with E-state index < -0.39 is 0 Å². The number of allylic oxidation sites excluding steroid dienone is 1. The van der Waals surface area contributed by atoms with E-state index in [-0.39, 0.29) is 0 Å². The van der Waals surface area contributed by atoms with E-state index in [1.165, 1.54) is 0 Å². The molecule has 4 heteroatoms. The Hall–Kier alpha value is -2.02. The Labute approximate surface area is 95.8 Å². The SMILES string of the molecule is COc1ccc(C#N)c(/C=C(\C)N(C)C)n1. The summed E-state index contributed by atoms with van der Waals surface area (Å²) in [5.74, 6) is 0.511. The summed E-state index contributed by atoms with van der Waals surface area (Å²) in [5.41, 5.74) is 2.20. The number of ether oxygens (including phenoxy) is 1. The standard InChI is InChI=1S/C12H15N3O/c1-9(15(2)3)7-11-10(8-13)5-6-12(14-11)16-4/h5-7H,1-4H3/b9-7+. The third-order valence-corrected chi connectivity index (χ3v) is 2.28. The van der Waals surface area contributed by atoms with Gasteiger partial charge in [-0.2, -0.15) is 5.26 Å². The zero-order valence-electron chi connectivity index (χ0n) is 9.98. The van der Waals surface area contributed by atoms with Gasteiger partial charge in [0.2, 0.25) is 5.88 Å². The summed E-state index contributed by atoms with van der Waals surface area (Å²) in [4.78, 5) is 6.20. The van der Waals surface area contributed by atoms with Gasteiger partial charge in [-0.25, -0.2) is 4.98 Å². The molecule has 16 heavy (non-hydrogen) atoms. The Bertz CT molecular complexity index is 444. The highest BCUT2D eigenvalue weighted by molar-refractivity contribution is 5.56. The largest absolute Gasteiger partial charge is 0.481 e. The lowest BCUT2D eigenvalue weighted by Crippen LogP contribution is -2.08. The van der Waals surface area contributed by atoms with Gasteiger partial charge in [-0.15, -0.1) is 0 Å². The topological polar surface area (TPSA) is 49.1 Å². The van der Waals surface area contributed by atoms with Crippen LogP contribution in [0.4, 0.5) is 0 Å². The second-order valence-corrected chi connectivity index (χ2v) is 3.58. The number of aromatic nitrogens is 1.